The quantitative estimate of drug-likeness (QED) is 0.596. The Morgan fingerprint density at radius 3 is 3.08 bits per heavy atom. The van der Waals surface area contributed by atoms with Gasteiger partial charge < -0.3 is 10.6 Å². The minimum atomic E-state index is -0.0319. The van der Waals surface area contributed by atoms with Crippen LogP contribution in [0.1, 0.15) is 15.9 Å². The number of pyridine rings is 1. The molecule has 0 fully saturated rings. The van der Waals surface area contributed by atoms with Gasteiger partial charge >= 0.3 is 0 Å². The summed E-state index contributed by atoms with van der Waals surface area (Å²) in [6.45, 7) is 0.640. The molecule has 0 radical (unpaired) electrons. The smallest absolute Gasteiger partial charge is 0.257 e. The van der Waals surface area contributed by atoms with E-state index in [1.54, 1.807) is 18.1 Å². The molecule has 4 nitrogen and oxygen atoms in total. The topological polar surface area (TPSA) is 59.2 Å². The molecule has 62 valence electrons. The summed E-state index contributed by atoms with van der Waals surface area (Å²) >= 11 is 0. The molecule has 2 heterocycles. The zero-order valence-electron chi connectivity index (χ0n) is 6.74. The minimum absolute atomic E-state index is 0.0319. The molecule has 0 saturated heterocycles. The Morgan fingerprint density at radius 2 is 2.42 bits per heavy atom. The summed E-state index contributed by atoms with van der Waals surface area (Å²) in [4.78, 5) is 16.9. The van der Waals surface area contributed by atoms with Gasteiger partial charge in [-0.1, -0.05) is 0 Å². The third-order valence-corrected chi connectivity index (χ3v) is 2.03. The second kappa shape index (κ2) is 2.20. The minimum Gasteiger partial charge on any atom is -0.383 e. The van der Waals surface area contributed by atoms with Gasteiger partial charge in [0, 0.05) is 19.8 Å². The summed E-state index contributed by atoms with van der Waals surface area (Å²) in [7, 11) is 1.75. The van der Waals surface area contributed by atoms with Gasteiger partial charge in [-0.25, -0.2) is 4.98 Å². The van der Waals surface area contributed by atoms with Gasteiger partial charge in [-0.2, -0.15) is 0 Å². The number of hydrogen-bond donors (Lipinski definition) is 1. The lowest BCUT2D eigenvalue weighted by Gasteiger charge is -2.04. The highest BCUT2D eigenvalue weighted by atomic mass is 16.2. The first-order valence-electron chi connectivity index (χ1n) is 3.69. The Morgan fingerprint density at radius 1 is 1.67 bits per heavy atom. The molecule has 1 aromatic rings. The zero-order valence-corrected chi connectivity index (χ0v) is 6.74. The van der Waals surface area contributed by atoms with E-state index in [9.17, 15) is 4.79 Å². The van der Waals surface area contributed by atoms with E-state index in [0.29, 0.717) is 17.9 Å². The number of nitrogen functional groups attached to an aromatic ring is 1. The van der Waals surface area contributed by atoms with Gasteiger partial charge in [-0.15, -0.1) is 0 Å². The predicted molar refractivity (Wildman–Crippen MR) is 44.4 cm³/mol. The molecule has 1 amide bonds. The van der Waals surface area contributed by atoms with Crippen molar-refractivity contribution >= 4 is 11.7 Å². The van der Waals surface area contributed by atoms with E-state index in [0.717, 1.165) is 5.56 Å². The number of aromatic nitrogens is 1. The molecule has 0 spiro atoms. The first-order valence-corrected chi connectivity index (χ1v) is 3.69. The third-order valence-electron chi connectivity index (χ3n) is 2.03. The van der Waals surface area contributed by atoms with Crippen LogP contribution in [-0.2, 0) is 6.54 Å². The predicted octanol–water partition coefficient (Wildman–Crippen LogP) is 0.249. The van der Waals surface area contributed by atoms with Crippen LogP contribution in [0.5, 0.6) is 0 Å². The number of carbonyl (C=O) groups excluding carboxylic acids is 1. The molecule has 0 saturated carbocycles. The SMILES string of the molecule is CN1Cc2ccnc(N)c2C1=O. The highest BCUT2D eigenvalue weighted by molar-refractivity contribution is 6.01. The Balaban J connectivity index is 2.62. The molecule has 1 aliphatic rings. The molecule has 0 atom stereocenters. The van der Waals surface area contributed by atoms with E-state index in [1.165, 1.54) is 0 Å². The standard InChI is InChI=1S/C8H9N3O/c1-11-4-5-2-3-10-7(9)6(5)8(11)12/h2-3H,4H2,1H3,(H2,9,10). The number of nitrogens with zero attached hydrogens (tertiary/aromatic N) is 2. The molecule has 4 heteroatoms. The van der Waals surface area contributed by atoms with Gasteiger partial charge in [0.25, 0.3) is 5.91 Å². The largest absolute Gasteiger partial charge is 0.383 e. The van der Waals surface area contributed by atoms with E-state index < -0.39 is 0 Å². The lowest BCUT2D eigenvalue weighted by Crippen LogP contribution is -2.18. The maximum Gasteiger partial charge on any atom is 0.257 e. The second-order valence-corrected chi connectivity index (χ2v) is 2.89. The van der Waals surface area contributed by atoms with Crippen molar-refractivity contribution in [3.05, 3.63) is 23.4 Å². The second-order valence-electron chi connectivity index (χ2n) is 2.89. The van der Waals surface area contributed by atoms with Crippen LogP contribution in [0.25, 0.3) is 0 Å². The molecular weight excluding hydrogens is 154 g/mol. The van der Waals surface area contributed by atoms with Crippen molar-refractivity contribution in [3.63, 3.8) is 0 Å². The van der Waals surface area contributed by atoms with Crippen molar-refractivity contribution in [2.24, 2.45) is 0 Å². The normalized spacial score (nSPS) is 15.1. The Kier molecular flexibility index (Phi) is 1.30. The molecule has 12 heavy (non-hydrogen) atoms. The number of anilines is 1. The number of carbonyl (C=O) groups is 1. The summed E-state index contributed by atoms with van der Waals surface area (Å²) < 4.78 is 0. The van der Waals surface area contributed by atoms with Crippen molar-refractivity contribution in [1.82, 2.24) is 9.88 Å². The van der Waals surface area contributed by atoms with Gasteiger partial charge in [0.1, 0.15) is 5.82 Å². The van der Waals surface area contributed by atoms with Crippen molar-refractivity contribution in [2.75, 3.05) is 12.8 Å². The Labute approximate surface area is 70.0 Å². The number of fused-ring (bicyclic) bond motifs is 1. The average Bonchev–Trinajstić information content (AvgIpc) is 2.29. The van der Waals surface area contributed by atoms with Crippen LogP contribution in [0, 0.1) is 0 Å². The Bertz CT molecular complexity index is 348. The van der Waals surface area contributed by atoms with Gasteiger partial charge in [-0.3, -0.25) is 4.79 Å². The number of amides is 1. The molecule has 0 aliphatic carbocycles. The van der Waals surface area contributed by atoms with Crippen LogP contribution in [0.15, 0.2) is 12.3 Å². The fraction of sp³-hybridized carbons (Fsp3) is 0.250. The van der Waals surface area contributed by atoms with Gasteiger partial charge in [-0.05, 0) is 11.6 Å². The lowest BCUT2D eigenvalue weighted by atomic mass is 10.2. The summed E-state index contributed by atoms with van der Waals surface area (Å²) in [6, 6.07) is 1.83. The highest BCUT2D eigenvalue weighted by Crippen LogP contribution is 2.24. The van der Waals surface area contributed by atoms with Gasteiger partial charge in [0.05, 0.1) is 5.56 Å². The molecule has 1 aliphatic heterocycles. The van der Waals surface area contributed by atoms with Crippen LogP contribution >= 0.6 is 0 Å². The van der Waals surface area contributed by atoms with Crippen LogP contribution in [0.4, 0.5) is 5.82 Å². The van der Waals surface area contributed by atoms with Crippen molar-refractivity contribution in [1.29, 1.82) is 0 Å². The fourth-order valence-electron chi connectivity index (χ4n) is 1.42. The first-order chi connectivity index (χ1) is 5.70. The van der Waals surface area contributed by atoms with E-state index in [-0.39, 0.29) is 5.91 Å². The molecular formula is C8H9N3O. The lowest BCUT2D eigenvalue weighted by molar-refractivity contribution is 0.0817. The summed E-state index contributed by atoms with van der Waals surface area (Å²) in [5.41, 5.74) is 7.10. The number of hydrogen-bond acceptors (Lipinski definition) is 3. The van der Waals surface area contributed by atoms with Crippen molar-refractivity contribution < 1.29 is 4.79 Å². The first kappa shape index (κ1) is 7.09. The van der Waals surface area contributed by atoms with Gasteiger partial charge in [0.2, 0.25) is 0 Å². The fourth-order valence-corrected chi connectivity index (χ4v) is 1.42. The average molecular weight is 163 g/mol. The van der Waals surface area contributed by atoms with E-state index in [2.05, 4.69) is 4.98 Å². The number of nitrogens with two attached hydrogens (primary N) is 1. The molecule has 1 aromatic heterocycles. The molecule has 0 unspecified atom stereocenters. The molecule has 0 aromatic carbocycles. The molecule has 2 rings (SSSR count). The van der Waals surface area contributed by atoms with Crippen LogP contribution in [0.3, 0.4) is 0 Å². The molecule has 0 bridgehead atoms. The maximum absolute atomic E-state index is 11.4. The summed E-state index contributed by atoms with van der Waals surface area (Å²) in [6.07, 6.45) is 1.63. The molecule has 2 N–H and O–H groups in total. The summed E-state index contributed by atoms with van der Waals surface area (Å²) in [5, 5.41) is 0. The van der Waals surface area contributed by atoms with E-state index >= 15 is 0 Å². The van der Waals surface area contributed by atoms with E-state index in [1.807, 2.05) is 6.07 Å². The number of rotatable bonds is 0. The van der Waals surface area contributed by atoms with Crippen molar-refractivity contribution in [3.8, 4) is 0 Å². The van der Waals surface area contributed by atoms with Crippen molar-refractivity contribution in [2.45, 2.75) is 6.54 Å². The Hall–Kier alpha value is -1.58. The van der Waals surface area contributed by atoms with E-state index in [4.69, 9.17) is 5.73 Å². The van der Waals surface area contributed by atoms with Crippen LogP contribution in [-0.4, -0.2) is 22.8 Å². The zero-order chi connectivity index (χ0) is 8.72. The summed E-state index contributed by atoms with van der Waals surface area (Å²) in [5.74, 6) is 0.303. The maximum atomic E-state index is 11.4. The van der Waals surface area contributed by atoms with Gasteiger partial charge in [0.15, 0.2) is 0 Å². The van der Waals surface area contributed by atoms with Crippen LogP contribution in [0.2, 0.25) is 0 Å². The van der Waals surface area contributed by atoms with Crippen LogP contribution < -0.4 is 5.73 Å². The monoisotopic (exact) mass is 163 g/mol. The highest BCUT2D eigenvalue weighted by Gasteiger charge is 2.26. The third kappa shape index (κ3) is 0.777.